The Labute approximate surface area is 83.3 Å². The predicted octanol–water partition coefficient (Wildman–Crippen LogP) is 1.08. The average molecular weight is 196 g/mol. The lowest BCUT2D eigenvalue weighted by atomic mass is 10.2. The monoisotopic (exact) mass is 196 g/mol. The van der Waals surface area contributed by atoms with Gasteiger partial charge >= 0.3 is 0 Å². The van der Waals surface area contributed by atoms with Crippen molar-refractivity contribution < 1.29 is 4.52 Å². The Morgan fingerprint density at radius 2 is 2.21 bits per heavy atom. The molecule has 2 N–H and O–H groups in total. The van der Waals surface area contributed by atoms with Gasteiger partial charge in [0.05, 0.1) is 6.04 Å². The Balaban J connectivity index is 2.08. The van der Waals surface area contributed by atoms with Crippen molar-refractivity contribution in [1.82, 2.24) is 10.1 Å². The first-order valence-corrected chi connectivity index (χ1v) is 5.15. The van der Waals surface area contributed by atoms with E-state index in [0.29, 0.717) is 11.8 Å². The number of nitrogens with two attached hydrogens (primary N) is 1. The molecule has 1 aromatic rings. The highest BCUT2D eigenvalue weighted by Gasteiger charge is 2.19. The summed E-state index contributed by atoms with van der Waals surface area (Å²) in [7, 11) is 0. The molecule has 1 aliphatic heterocycles. The topological polar surface area (TPSA) is 68.2 Å². The summed E-state index contributed by atoms with van der Waals surface area (Å²) in [6.07, 6.45) is 3.25. The van der Waals surface area contributed by atoms with E-state index >= 15 is 0 Å². The van der Waals surface area contributed by atoms with Crippen LogP contribution in [0.1, 0.15) is 38.1 Å². The number of hydrogen-bond acceptors (Lipinski definition) is 5. The maximum Gasteiger partial charge on any atom is 0.266 e. The van der Waals surface area contributed by atoms with E-state index in [1.54, 1.807) is 0 Å². The SMILES string of the molecule is CCC(N)c1nc(N2CCCC2)no1. The van der Waals surface area contributed by atoms with Gasteiger partial charge in [-0.3, -0.25) is 0 Å². The van der Waals surface area contributed by atoms with Crippen molar-refractivity contribution in [2.24, 2.45) is 5.73 Å². The van der Waals surface area contributed by atoms with Crippen LogP contribution in [-0.4, -0.2) is 23.2 Å². The maximum atomic E-state index is 5.79. The minimum absolute atomic E-state index is 0.126. The Morgan fingerprint density at radius 1 is 1.50 bits per heavy atom. The largest absolute Gasteiger partial charge is 0.338 e. The highest BCUT2D eigenvalue weighted by Crippen LogP contribution is 2.19. The second-order valence-corrected chi connectivity index (χ2v) is 3.64. The third-order valence-electron chi connectivity index (χ3n) is 2.58. The van der Waals surface area contributed by atoms with E-state index in [0.717, 1.165) is 19.5 Å². The zero-order chi connectivity index (χ0) is 9.97. The van der Waals surface area contributed by atoms with Gasteiger partial charge < -0.3 is 15.2 Å². The van der Waals surface area contributed by atoms with Crippen LogP contribution in [0.15, 0.2) is 4.52 Å². The minimum Gasteiger partial charge on any atom is -0.338 e. The molecule has 0 saturated carbocycles. The lowest BCUT2D eigenvalue weighted by Gasteiger charge is -2.09. The fourth-order valence-electron chi connectivity index (χ4n) is 1.60. The second-order valence-electron chi connectivity index (χ2n) is 3.64. The summed E-state index contributed by atoms with van der Waals surface area (Å²) in [5.41, 5.74) is 5.79. The summed E-state index contributed by atoms with van der Waals surface area (Å²) in [5.74, 6) is 1.25. The lowest BCUT2D eigenvalue weighted by molar-refractivity contribution is 0.351. The van der Waals surface area contributed by atoms with Crippen LogP contribution in [0.4, 0.5) is 5.95 Å². The average Bonchev–Trinajstić information content (AvgIpc) is 2.86. The summed E-state index contributed by atoms with van der Waals surface area (Å²) in [4.78, 5) is 6.42. The minimum atomic E-state index is -0.126. The molecule has 0 aliphatic carbocycles. The first-order chi connectivity index (χ1) is 6.81. The van der Waals surface area contributed by atoms with Crippen molar-refractivity contribution >= 4 is 5.95 Å². The normalized spacial score (nSPS) is 18.9. The molecule has 78 valence electrons. The molecule has 1 unspecified atom stereocenters. The number of hydrogen-bond donors (Lipinski definition) is 1. The van der Waals surface area contributed by atoms with Gasteiger partial charge in [-0.05, 0) is 24.4 Å². The second kappa shape index (κ2) is 3.96. The van der Waals surface area contributed by atoms with E-state index in [1.807, 2.05) is 6.92 Å². The van der Waals surface area contributed by atoms with E-state index in [4.69, 9.17) is 10.3 Å². The Morgan fingerprint density at radius 3 is 2.86 bits per heavy atom. The van der Waals surface area contributed by atoms with E-state index in [2.05, 4.69) is 15.0 Å². The first-order valence-electron chi connectivity index (χ1n) is 5.15. The fraction of sp³-hybridized carbons (Fsp3) is 0.778. The van der Waals surface area contributed by atoms with Crippen molar-refractivity contribution in [3.8, 4) is 0 Å². The fourth-order valence-corrected chi connectivity index (χ4v) is 1.60. The molecule has 1 atom stereocenters. The summed E-state index contributed by atoms with van der Waals surface area (Å²) in [6.45, 7) is 4.06. The van der Waals surface area contributed by atoms with E-state index < -0.39 is 0 Å². The Kier molecular flexibility index (Phi) is 2.67. The highest BCUT2D eigenvalue weighted by molar-refractivity contribution is 5.29. The van der Waals surface area contributed by atoms with Crippen molar-refractivity contribution in [1.29, 1.82) is 0 Å². The van der Waals surface area contributed by atoms with Crippen LogP contribution < -0.4 is 10.6 Å². The van der Waals surface area contributed by atoms with Gasteiger partial charge in [-0.1, -0.05) is 6.92 Å². The Hall–Kier alpha value is -1.10. The highest BCUT2D eigenvalue weighted by atomic mass is 16.5. The zero-order valence-corrected chi connectivity index (χ0v) is 8.44. The number of anilines is 1. The van der Waals surface area contributed by atoms with Crippen LogP contribution in [-0.2, 0) is 0 Å². The molecular formula is C9H16N4O. The molecule has 0 radical (unpaired) electrons. The number of rotatable bonds is 3. The predicted molar refractivity (Wildman–Crippen MR) is 53.0 cm³/mol. The van der Waals surface area contributed by atoms with Crippen molar-refractivity contribution in [2.75, 3.05) is 18.0 Å². The molecule has 5 nitrogen and oxygen atoms in total. The summed E-state index contributed by atoms with van der Waals surface area (Å²) in [5, 5.41) is 3.93. The van der Waals surface area contributed by atoms with Crippen LogP contribution in [0.2, 0.25) is 0 Å². The molecule has 5 heteroatoms. The van der Waals surface area contributed by atoms with Gasteiger partial charge in [-0.15, -0.1) is 0 Å². The van der Waals surface area contributed by atoms with Gasteiger partial charge in [0.2, 0.25) is 5.89 Å². The molecule has 1 fully saturated rings. The molecule has 1 aromatic heterocycles. The molecule has 1 saturated heterocycles. The van der Waals surface area contributed by atoms with E-state index in [9.17, 15) is 0 Å². The number of aromatic nitrogens is 2. The third-order valence-corrected chi connectivity index (χ3v) is 2.58. The van der Waals surface area contributed by atoms with Gasteiger partial charge in [0.15, 0.2) is 0 Å². The van der Waals surface area contributed by atoms with Crippen LogP contribution in [0.25, 0.3) is 0 Å². The van der Waals surface area contributed by atoms with Gasteiger partial charge in [-0.25, -0.2) is 0 Å². The molecular weight excluding hydrogens is 180 g/mol. The van der Waals surface area contributed by atoms with Crippen molar-refractivity contribution in [3.63, 3.8) is 0 Å². The number of nitrogens with zero attached hydrogens (tertiary/aromatic N) is 3. The van der Waals surface area contributed by atoms with Crippen molar-refractivity contribution in [3.05, 3.63) is 5.89 Å². The van der Waals surface area contributed by atoms with Crippen LogP contribution in [0, 0.1) is 0 Å². The van der Waals surface area contributed by atoms with E-state index in [1.165, 1.54) is 12.8 Å². The molecule has 1 aliphatic rings. The third kappa shape index (κ3) is 1.72. The molecule has 0 aromatic carbocycles. The smallest absolute Gasteiger partial charge is 0.266 e. The molecule has 2 heterocycles. The molecule has 0 amide bonds. The van der Waals surface area contributed by atoms with Gasteiger partial charge in [0, 0.05) is 13.1 Å². The van der Waals surface area contributed by atoms with Gasteiger partial charge in [0.25, 0.3) is 5.95 Å². The van der Waals surface area contributed by atoms with Crippen LogP contribution in [0.3, 0.4) is 0 Å². The molecule has 14 heavy (non-hydrogen) atoms. The molecule has 0 bridgehead atoms. The Bertz CT molecular complexity index is 293. The molecule has 2 rings (SSSR count). The molecule has 0 spiro atoms. The maximum absolute atomic E-state index is 5.79. The first kappa shape index (κ1) is 9.45. The van der Waals surface area contributed by atoms with Crippen LogP contribution in [0.5, 0.6) is 0 Å². The van der Waals surface area contributed by atoms with Gasteiger partial charge in [-0.2, -0.15) is 4.98 Å². The lowest BCUT2D eigenvalue weighted by Crippen LogP contribution is -2.19. The summed E-state index contributed by atoms with van der Waals surface area (Å²) < 4.78 is 5.10. The van der Waals surface area contributed by atoms with Gasteiger partial charge in [0.1, 0.15) is 0 Å². The van der Waals surface area contributed by atoms with Crippen molar-refractivity contribution in [2.45, 2.75) is 32.2 Å². The van der Waals surface area contributed by atoms with Crippen LogP contribution >= 0.6 is 0 Å². The van der Waals surface area contributed by atoms with E-state index in [-0.39, 0.29) is 6.04 Å². The standard InChI is InChI=1S/C9H16N4O/c1-2-7(10)8-11-9(12-14-8)13-5-3-4-6-13/h7H,2-6,10H2,1H3. The quantitative estimate of drug-likeness (QED) is 0.783. The summed E-state index contributed by atoms with van der Waals surface area (Å²) >= 11 is 0. The summed E-state index contributed by atoms with van der Waals surface area (Å²) in [6, 6.07) is -0.126. The zero-order valence-electron chi connectivity index (χ0n) is 8.44.